The van der Waals surface area contributed by atoms with Crippen LogP contribution in [0.4, 0.5) is 0 Å². The van der Waals surface area contributed by atoms with E-state index in [0.29, 0.717) is 18.1 Å². The molecule has 0 aliphatic carbocycles. The minimum atomic E-state index is -0.417. The molecule has 27 heavy (non-hydrogen) atoms. The van der Waals surface area contributed by atoms with Gasteiger partial charge in [0.05, 0.1) is 13.3 Å². The number of aromatic nitrogens is 3. The highest BCUT2D eigenvalue weighted by Crippen LogP contribution is 2.28. The van der Waals surface area contributed by atoms with Gasteiger partial charge in [-0.05, 0) is 54.0 Å². The summed E-state index contributed by atoms with van der Waals surface area (Å²) in [5, 5.41) is 10.2. The Labute approximate surface area is 160 Å². The molecule has 1 heterocycles. The Morgan fingerprint density at radius 2 is 2.07 bits per heavy atom. The lowest BCUT2D eigenvalue weighted by Gasteiger charge is -2.12. The first-order chi connectivity index (χ1) is 13.1. The first-order valence-corrected chi connectivity index (χ1v) is 8.56. The summed E-state index contributed by atoms with van der Waals surface area (Å²) in [6, 6.07) is 13.4. The van der Waals surface area contributed by atoms with Crippen molar-refractivity contribution in [2.24, 2.45) is 5.10 Å². The summed E-state index contributed by atoms with van der Waals surface area (Å²) < 4.78 is 12.5. The van der Waals surface area contributed by atoms with E-state index in [1.807, 2.05) is 37.3 Å². The predicted octanol–water partition coefficient (Wildman–Crippen LogP) is 3.08. The summed E-state index contributed by atoms with van der Waals surface area (Å²) in [5.41, 5.74) is 2.59. The smallest absolute Gasteiger partial charge is 0.293 e. The van der Waals surface area contributed by atoms with Crippen molar-refractivity contribution in [1.82, 2.24) is 14.9 Å². The van der Waals surface area contributed by atoms with Gasteiger partial charge >= 0.3 is 0 Å². The molecule has 3 aromatic rings. The summed E-state index contributed by atoms with van der Waals surface area (Å²) in [7, 11) is 1.57. The molecule has 0 aliphatic rings. The van der Waals surface area contributed by atoms with E-state index in [0.717, 1.165) is 22.0 Å². The van der Waals surface area contributed by atoms with Crippen LogP contribution < -0.4 is 15.0 Å². The molecule has 138 valence electrons. The summed E-state index contributed by atoms with van der Waals surface area (Å²) in [5.74, 6) is 1.19. The van der Waals surface area contributed by atoms with Crippen LogP contribution in [0.5, 0.6) is 11.5 Å². The van der Waals surface area contributed by atoms with Crippen molar-refractivity contribution in [3.05, 3.63) is 80.5 Å². The highest BCUT2D eigenvalue weighted by molar-refractivity contribution is 7.71. The number of ether oxygens (including phenoxy) is 2. The van der Waals surface area contributed by atoms with Crippen LogP contribution in [0.3, 0.4) is 0 Å². The molecule has 8 heteroatoms. The number of nitrogens with one attached hydrogen (secondary N) is 1. The molecule has 0 aliphatic heterocycles. The Morgan fingerprint density at radius 3 is 2.81 bits per heavy atom. The van der Waals surface area contributed by atoms with Gasteiger partial charge in [0, 0.05) is 0 Å². The molecule has 0 unspecified atom stereocenters. The summed E-state index contributed by atoms with van der Waals surface area (Å²) in [4.78, 5) is 11.7. The number of aromatic amines is 1. The number of rotatable bonds is 6. The third-order valence-electron chi connectivity index (χ3n) is 3.89. The van der Waals surface area contributed by atoms with E-state index in [1.54, 1.807) is 19.2 Å². The predicted molar refractivity (Wildman–Crippen MR) is 105 cm³/mol. The van der Waals surface area contributed by atoms with Crippen molar-refractivity contribution in [2.75, 3.05) is 7.11 Å². The second kappa shape index (κ2) is 8.41. The van der Waals surface area contributed by atoms with Crippen molar-refractivity contribution < 1.29 is 9.47 Å². The lowest BCUT2D eigenvalue weighted by Crippen LogP contribution is -2.18. The maximum Gasteiger partial charge on any atom is 0.293 e. The molecule has 3 rings (SSSR count). The number of methoxy groups -OCH3 is 1. The van der Waals surface area contributed by atoms with Crippen molar-refractivity contribution in [1.29, 1.82) is 0 Å². The zero-order valence-corrected chi connectivity index (χ0v) is 15.7. The fraction of sp³-hybridized carbons (Fsp3) is 0.158. The fourth-order valence-corrected chi connectivity index (χ4v) is 2.58. The monoisotopic (exact) mass is 382 g/mol. The molecular formula is C19H18N4O3S. The van der Waals surface area contributed by atoms with E-state index in [2.05, 4.69) is 15.3 Å². The second-order valence-corrected chi connectivity index (χ2v) is 6.08. The maximum absolute atomic E-state index is 11.7. The Kier molecular flexibility index (Phi) is 5.77. The van der Waals surface area contributed by atoms with Crippen molar-refractivity contribution in [2.45, 2.75) is 13.5 Å². The van der Waals surface area contributed by atoms with E-state index >= 15 is 0 Å². The van der Waals surface area contributed by atoms with Crippen molar-refractivity contribution in [3.8, 4) is 11.5 Å². The largest absolute Gasteiger partial charge is 0.493 e. The van der Waals surface area contributed by atoms with Crippen LogP contribution in [0.2, 0.25) is 0 Å². The highest BCUT2D eigenvalue weighted by atomic mass is 32.1. The Bertz CT molecular complexity index is 1060. The molecule has 2 aromatic carbocycles. The molecule has 0 amide bonds. The van der Waals surface area contributed by atoms with Gasteiger partial charge in [-0.25, -0.2) is 0 Å². The van der Waals surface area contributed by atoms with Crippen LogP contribution in [-0.4, -0.2) is 28.2 Å². The molecule has 0 fully saturated rings. The van der Waals surface area contributed by atoms with Crippen molar-refractivity contribution in [3.63, 3.8) is 0 Å². The number of hydrogen-bond donors (Lipinski definition) is 1. The minimum Gasteiger partial charge on any atom is -0.493 e. The zero-order valence-electron chi connectivity index (χ0n) is 14.9. The van der Waals surface area contributed by atoms with Gasteiger partial charge in [-0.2, -0.15) is 14.9 Å². The number of nitrogens with zero attached hydrogens (tertiary/aromatic N) is 3. The number of hydrogen-bond acceptors (Lipinski definition) is 6. The highest BCUT2D eigenvalue weighted by Gasteiger charge is 2.07. The molecule has 7 nitrogen and oxygen atoms in total. The van der Waals surface area contributed by atoms with Gasteiger partial charge in [-0.1, -0.05) is 24.3 Å². The Morgan fingerprint density at radius 1 is 1.26 bits per heavy atom. The summed E-state index contributed by atoms with van der Waals surface area (Å²) in [6.07, 6.45) is 2.62. The van der Waals surface area contributed by atoms with E-state index in [1.165, 1.54) is 11.8 Å². The van der Waals surface area contributed by atoms with E-state index in [-0.39, 0.29) is 4.77 Å². The van der Waals surface area contributed by atoms with Gasteiger partial charge in [0.1, 0.15) is 12.8 Å². The molecule has 1 aromatic heterocycles. The summed E-state index contributed by atoms with van der Waals surface area (Å²) in [6.45, 7) is 2.49. The van der Waals surface area contributed by atoms with Gasteiger partial charge < -0.3 is 9.47 Å². The number of benzene rings is 2. The van der Waals surface area contributed by atoms with Crippen LogP contribution in [-0.2, 0) is 6.61 Å². The van der Waals surface area contributed by atoms with Gasteiger partial charge in [-0.3, -0.25) is 9.89 Å². The van der Waals surface area contributed by atoms with Crippen LogP contribution in [0, 0.1) is 11.7 Å². The minimum absolute atomic E-state index is 0.115. The van der Waals surface area contributed by atoms with Gasteiger partial charge in [-0.15, -0.1) is 0 Å². The first kappa shape index (κ1) is 18.5. The number of aryl methyl sites for hydroxylation is 1. The standard InChI is InChI=1S/C19H18N4O3S/c1-13-5-3-4-6-15(13)12-26-16-8-7-14(9-17(16)25-2)10-21-23-18(24)11-20-22-19(23)27/h3-11H,12H2,1-2H3,(H,22,27)/b21-10+. The maximum atomic E-state index is 11.7. The normalized spacial score (nSPS) is 10.9. The van der Waals surface area contributed by atoms with Gasteiger partial charge in [0.2, 0.25) is 4.77 Å². The lowest BCUT2D eigenvalue weighted by molar-refractivity contribution is 0.284. The SMILES string of the molecule is COc1cc(/C=N/n2c(=O)cn[nH]c2=S)ccc1OCc1ccccc1C. The van der Waals surface area contributed by atoms with Crippen molar-refractivity contribution >= 4 is 18.4 Å². The van der Waals surface area contributed by atoms with Crippen LogP contribution in [0.25, 0.3) is 0 Å². The second-order valence-electron chi connectivity index (χ2n) is 5.70. The molecule has 0 saturated heterocycles. The molecule has 0 radical (unpaired) electrons. The van der Waals surface area contributed by atoms with Crippen LogP contribution in [0.15, 0.2) is 58.6 Å². The number of H-pyrrole nitrogens is 1. The Balaban J connectivity index is 1.80. The average Bonchev–Trinajstić information content (AvgIpc) is 2.67. The fourth-order valence-electron chi connectivity index (χ4n) is 2.39. The average molecular weight is 382 g/mol. The van der Waals surface area contributed by atoms with E-state index < -0.39 is 5.56 Å². The first-order valence-electron chi connectivity index (χ1n) is 8.15. The van der Waals surface area contributed by atoms with Crippen LogP contribution >= 0.6 is 12.2 Å². The molecule has 0 saturated carbocycles. The third kappa shape index (κ3) is 4.48. The van der Waals surface area contributed by atoms with Crippen LogP contribution in [0.1, 0.15) is 16.7 Å². The molecule has 1 N–H and O–H groups in total. The quantitative estimate of drug-likeness (QED) is 0.523. The van der Waals surface area contributed by atoms with Gasteiger partial charge in [0.25, 0.3) is 5.56 Å². The van der Waals surface area contributed by atoms with E-state index in [4.69, 9.17) is 21.7 Å². The van der Waals surface area contributed by atoms with E-state index in [9.17, 15) is 4.79 Å². The zero-order chi connectivity index (χ0) is 19.2. The molecular weight excluding hydrogens is 364 g/mol. The third-order valence-corrected chi connectivity index (χ3v) is 4.15. The summed E-state index contributed by atoms with van der Waals surface area (Å²) >= 11 is 5.00. The molecule has 0 atom stereocenters. The van der Waals surface area contributed by atoms with Gasteiger partial charge in [0.15, 0.2) is 11.5 Å². The Hall–Kier alpha value is -3.26. The topological polar surface area (TPSA) is 81.5 Å². The molecule has 0 bridgehead atoms. The lowest BCUT2D eigenvalue weighted by atomic mass is 10.1. The molecule has 0 spiro atoms.